The van der Waals surface area contributed by atoms with Crippen molar-refractivity contribution in [1.29, 1.82) is 0 Å². The third kappa shape index (κ3) is 10.5. The number of benzene rings is 2. The fourth-order valence-corrected chi connectivity index (χ4v) is 4.34. The first-order chi connectivity index (χ1) is 16.6. The number of phenolic OH excluding ortho intramolecular Hbond substituents is 2. The van der Waals surface area contributed by atoms with Crippen molar-refractivity contribution in [2.75, 3.05) is 26.2 Å². The number of carboxylic acid groups (broad SMARTS) is 2. The standard InChI is InChI=1S/C20H24N2O12S2.Na.H/c23-17-3-1-15(35(29,30)31)7-13(17)9-21(11-19(25)26)5-6-22(12-20(27)28)10-14-8-16(36(32,33)34)2-4-18(14)24;;/h1-4,7-8,23-24H,5-6,9-12H2,(H,25,26)(H,27,28)(H,29,30,31)(H,32,33,34);;/q;+1;-1. The minimum atomic E-state index is -4.60. The molecule has 0 unspecified atom stereocenters. The fourth-order valence-electron chi connectivity index (χ4n) is 3.27. The van der Waals surface area contributed by atoms with Gasteiger partial charge >= 0.3 is 41.5 Å². The summed E-state index contributed by atoms with van der Waals surface area (Å²) in [7, 11) is -9.19. The predicted molar refractivity (Wildman–Crippen MR) is 123 cm³/mol. The van der Waals surface area contributed by atoms with Gasteiger partial charge in [-0.3, -0.25) is 28.5 Å². The Morgan fingerprint density at radius 3 is 1.30 bits per heavy atom. The molecule has 0 bridgehead atoms. The van der Waals surface area contributed by atoms with Gasteiger partial charge in [-0.1, -0.05) is 0 Å². The molecule has 0 amide bonds. The first-order valence-electron chi connectivity index (χ1n) is 10.0. The molecule has 0 atom stereocenters. The van der Waals surface area contributed by atoms with Crippen LogP contribution in [0, 0.1) is 0 Å². The van der Waals surface area contributed by atoms with Gasteiger partial charge in [0.25, 0.3) is 20.2 Å². The minimum Gasteiger partial charge on any atom is -1.00 e. The monoisotopic (exact) mass is 572 g/mol. The number of phenols is 2. The zero-order chi connectivity index (χ0) is 27.3. The summed E-state index contributed by atoms with van der Waals surface area (Å²) < 4.78 is 64.0. The molecule has 0 aromatic heterocycles. The average molecular weight is 573 g/mol. The van der Waals surface area contributed by atoms with E-state index in [2.05, 4.69) is 0 Å². The second-order valence-corrected chi connectivity index (χ2v) is 10.6. The van der Waals surface area contributed by atoms with Crippen molar-refractivity contribution in [3.05, 3.63) is 47.5 Å². The van der Waals surface area contributed by atoms with Crippen LogP contribution in [0.25, 0.3) is 0 Å². The van der Waals surface area contributed by atoms with Crippen molar-refractivity contribution in [3.8, 4) is 11.5 Å². The SMILES string of the molecule is O=C(O)CN(CCN(CC(=O)O)Cc1cc(S(=O)(=O)O)ccc1O)Cc1cc(S(=O)(=O)O)ccc1O.[H-].[Na+]. The second-order valence-electron chi connectivity index (χ2n) is 7.74. The molecule has 0 aliphatic heterocycles. The Kier molecular flexibility index (Phi) is 11.9. The Hall–Kier alpha value is -2.28. The number of hydrogen-bond donors (Lipinski definition) is 6. The van der Waals surface area contributed by atoms with Crippen LogP contribution in [-0.4, -0.2) is 94.3 Å². The van der Waals surface area contributed by atoms with Crippen LogP contribution in [0.15, 0.2) is 46.2 Å². The average Bonchev–Trinajstić information content (AvgIpc) is 2.72. The molecule has 0 aliphatic rings. The van der Waals surface area contributed by atoms with Crippen LogP contribution in [0.3, 0.4) is 0 Å². The van der Waals surface area contributed by atoms with Gasteiger partial charge in [-0.2, -0.15) is 16.8 Å². The van der Waals surface area contributed by atoms with Gasteiger partial charge in [-0.05, 0) is 36.4 Å². The van der Waals surface area contributed by atoms with Crippen molar-refractivity contribution in [1.82, 2.24) is 9.80 Å². The molecular formula is C20H25N2NaO12S2. The van der Waals surface area contributed by atoms with E-state index in [-0.39, 0.29) is 79.8 Å². The molecule has 37 heavy (non-hydrogen) atoms. The number of carboxylic acids is 2. The van der Waals surface area contributed by atoms with Crippen molar-refractivity contribution in [3.63, 3.8) is 0 Å². The van der Waals surface area contributed by atoms with E-state index >= 15 is 0 Å². The third-order valence-corrected chi connectivity index (χ3v) is 6.64. The Morgan fingerprint density at radius 1 is 0.703 bits per heavy atom. The molecule has 0 saturated heterocycles. The van der Waals surface area contributed by atoms with E-state index in [4.69, 9.17) is 0 Å². The molecule has 0 fully saturated rings. The molecule has 0 saturated carbocycles. The van der Waals surface area contributed by atoms with Gasteiger partial charge in [0.05, 0.1) is 22.9 Å². The van der Waals surface area contributed by atoms with Gasteiger partial charge in [-0.15, -0.1) is 0 Å². The minimum absolute atomic E-state index is 0. The van der Waals surface area contributed by atoms with Gasteiger partial charge in [0.15, 0.2) is 0 Å². The smallest absolute Gasteiger partial charge is 1.00 e. The van der Waals surface area contributed by atoms with Gasteiger partial charge in [0.1, 0.15) is 11.5 Å². The number of aliphatic carboxylic acids is 2. The van der Waals surface area contributed by atoms with Crippen LogP contribution in [0.1, 0.15) is 12.6 Å². The largest absolute Gasteiger partial charge is 1.00 e. The maximum absolute atomic E-state index is 11.4. The second kappa shape index (κ2) is 13.5. The third-order valence-electron chi connectivity index (χ3n) is 4.94. The summed E-state index contributed by atoms with van der Waals surface area (Å²) in [5.74, 6) is -3.29. The summed E-state index contributed by atoms with van der Waals surface area (Å²) in [6.45, 7) is -1.97. The van der Waals surface area contributed by atoms with Crippen molar-refractivity contribution in [2.45, 2.75) is 22.9 Å². The van der Waals surface area contributed by atoms with Crippen LogP contribution in [0.5, 0.6) is 11.5 Å². The summed E-state index contributed by atoms with van der Waals surface area (Å²) >= 11 is 0. The Balaban J connectivity index is 0.00000684. The molecule has 2 aromatic rings. The number of carbonyl (C=O) groups is 2. The maximum Gasteiger partial charge on any atom is 1.00 e. The number of rotatable bonds is 13. The van der Waals surface area contributed by atoms with E-state index in [0.29, 0.717) is 0 Å². The summed E-state index contributed by atoms with van der Waals surface area (Å²) in [5.41, 5.74) is -0.0377. The molecular weight excluding hydrogens is 547 g/mol. The van der Waals surface area contributed by atoms with Crippen LogP contribution < -0.4 is 29.6 Å². The van der Waals surface area contributed by atoms with Gasteiger partial charge in [0.2, 0.25) is 0 Å². The first kappa shape index (κ1) is 32.7. The van der Waals surface area contributed by atoms with E-state index in [1.807, 2.05) is 0 Å². The molecule has 2 rings (SSSR count). The van der Waals surface area contributed by atoms with Crippen molar-refractivity contribution < 1.29 is 86.9 Å². The number of nitrogens with zero attached hydrogens (tertiary/aromatic N) is 2. The summed E-state index contributed by atoms with van der Waals surface area (Å²) in [4.78, 5) is 24.2. The fraction of sp³-hybridized carbons (Fsp3) is 0.300. The maximum atomic E-state index is 11.4. The molecule has 14 nitrogen and oxygen atoms in total. The molecule has 17 heteroatoms. The van der Waals surface area contributed by atoms with Crippen LogP contribution in [0.2, 0.25) is 0 Å². The van der Waals surface area contributed by atoms with E-state index in [9.17, 15) is 56.0 Å². The summed E-state index contributed by atoms with van der Waals surface area (Å²) in [6.07, 6.45) is 0. The normalized spacial score (nSPS) is 11.9. The zero-order valence-electron chi connectivity index (χ0n) is 20.6. The quantitative estimate of drug-likeness (QED) is 0.105. The summed E-state index contributed by atoms with van der Waals surface area (Å²) in [5, 5.41) is 38.6. The molecule has 0 aliphatic carbocycles. The van der Waals surface area contributed by atoms with Crippen molar-refractivity contribution in [2.24, 2.45) is 0 Å². The van der Waals surface area contributed by atoms with Crippen LogP contribution in [0.4, 0.5) is 0 Å². The number of aromatic hydroxyl groups is 2. The first-order valence-corrected chi connectivity index (χ1v) is 12.9. The molecule has 0 radical (unpaired) electrons. The van der Waals surface area contributed by atoms with Crippen LogP contribution in [-0.2, 0) is 42.9 Å². The van der Waals surface area contributed by atoms with E-state index in [0.717, 1.165) is 36.4 Å². The van der Waals surface area contributed by atoms with Gasteiger partial charge < -0.3 is 21.9 Å². The van der Waals surface area contributed by atoms with E-state index in [1.165, 1.54) is 9.80 Å². The summed E-state index contributed by atoms with van der Waals surface area (Å²) in [6, 6.07) is 5.87. The molecule has 0 heterocycles. The van der Waals surface area contributed by atoms with Gasteiger partial charge in [-0.25, -0.2) is 0 Å². The van der Waals surface area contributed by atoms with Crippen molar-refractivity contribution >= 4 is 32.2 Å². The Bertz CT molecular complexity index is 1250. The molecule has 2 aromatic carbocycles. The topological polar surface area (TPSA) is 230 Å². The molecule has 200 valence electrons. The van der Waals surface area contributed by atoms with Crippen LogP contribution >= 0.6 is 0 Å². The zero-order valence-corrected chi connectivity index (χ0v) is 23.2. The predicted octanol–water partition coefficient (Wildman–Crippen LogP) is -2.82. The van der Waals surface area contributed by atoms with E-state index < -0.39 is 55.1 Å². The Morgan fingerprint density at radius 2 is 1.03 bits per heavy atom. The molecule has 6 N–H and O–H groups in total. The molecule has 0 spiro atoms. The van der Waals surface area contributed by atoms with E-state index in [1.54, 1.807) is 0 Å². The van der Waals surface area contributed by atoms with Gasteiger partial charge in [0, 0.05) is 37.3 Å². The Labute approximate surface area is 236 Å². The number of hydrogen-bond acceptors (Lipinski definition) is 10.